The average Bonchev–Trinajstić information content (AvgIpc) is 3.43. The molecule has 354 valence electrons. The molecule has 0 heterocycles. The van der Waals surface area contributed by atoms with Gasteiger partial charge in [0.15, 0.2) is 0 Å². The fourth-order valence-corrected chi connectivity index (χ4v) is 12.9. The number of rotatable bonds is 17. The molecule has 10 rings (SSSR count). The number of unbranched alkanes of at least 4 members (excludes halogenated alkanes) is 3. The van der Waals surface area contributed by atoms with E-state index in [0.717, 1.165) is 62.2 Å². The number of hydrogen-bond acceptors (Lipinski definition) is 1. The highest BCUT2D eigenvalue weighted by atomic mass is 127. The molecule has 0 N–H and O–H groups in total. The van der Waals surface area contributed by atoms with Crippen molar-refractivity contribution < 1.29 is 4.74 Å². The molecule has 7 aromatic rings. The van der Waals surface area contributed by atoms with E-state index < -0.39 is 0 Å². The SMILES string of the molecule is Ic1ccc(OCCCCCCC(c2ccc(-c3ccc(C4CCCCC4)cc3)cc2)(c2ccc(-c3ccc(C4CCCCC4)cc3)cc2)c2ccc(-c3ccc(C4CCCCC4)cc3)cc2)cc1. The first-order valence-corrected chi connectivity index (χ1v) is 28.2. The summed E-state index contributed by atoms with van der Waals surface area (Å²) in [5, 5.41) is 0. The van der Waals surface area contributed by atoms with Gasteiger partial charge in [-0.1, -0.05) is 223 Å². The Morgan fingerprint density at radius 3 is 0.971 bits per heavy atom. The van der Waals surface area contributed by atoms with Crippen molar-refractivity contribution in [3.05, 3.63) is 207 Å². The molecule has 3 aliphatic rings. The van der Waals surface area contributed by atoms with Crippen LogP contribution in [-0.2, 0) is 5.41 Å². The van der Waals surface area contributed by atoms with Crippen molar-refractivity contribution >= 4 is 22.6 Å². The minimum atomic E-state index is -0.339. The van der Waals surface area contributed by atoms with E-state index in [1.165, 1.54) is 167 Å². The van der Waals surface area contributed by atoms with Crippen molar-refractivity contribution in [1.82, 2.24) is 0 Å². The van der Waals surface area contributed by atoms with Gasteiger partial charge in [-0.25, -0.2) is 0 Å². The number of benzene rings is 7. The Balaban J connectivity index is 0.970. The maximum atomic E-state index is 6.17. The molecule has 0 amide bonds. The smallest absolute Gasteiger partial charge is 0.119 e. The van der Waals surface area contributed by atoms with Crippen LogP contribution in [0.1, 0.15) is 180 Å². The monoisotopic (exact) mass is 1020 g/mol. The lowest BCUT2D eigenvalue weighted by Crippen LogP contribution is -2.29. The fourth-order valence-electron chi connectivity index (χ4n) is 12.5. The van der Waals surface area contributed by atoms with Crippen LogP contribution in [0.5, 0.6) is 5.75 Å². The number of ether oxygens (including phenoxy) is 1. The average molecular weight is 1020 g/mol. The quantitative estimate of drug-likeness (QED) is 0.0502. The summed E-state index contributed by atoms with van der Waals surface area (Å²) in [5.74, 6) is 3.12. The van der Waals surface area contributed by atoms with Gasteiger partial charge in [-0.2, -0.15) is 0 Å². The topological polar surface area (TPSA) is 9.23 Å². The molecule has 0 spiro atoms. The van der Waals surface area contributed by atoms with Crippen LogP contribution >= 0.6 is 22.6 Å². The van der Waals surface area contributed by atoms with Crippen LogP contribution in [0.3, 0.4) is 0 Å². The lowest BCUT2D eigenvalue weighted by atomic mass is 9.66. The second-order valence-corrected chi connectivity index (χ2v) is 22.2. The van der Waals surface area contributed by atoms with Gasteiger partial charge in [-0.3, -0.25) is 0 Å². The highest BCUT2D eigenvalue weighted by Crippen LogP contribution is 2.46. The molecular formula is C67H73IO. The predicted octanol–water partition coefficient (Wildman–Crippen LogP) is 19.8. The van der Waals surface area contributed by atoms with Gasteiger partial charge in [0.2, 0.25) is 0 Å². The number of hydrogen-bond donors (Lipinski definition) is 0. The largest absolute Gasteiger partial charge is 0.494 e. The second-order valence-electron chi connectivity index (χ2n) is 21.0. The molecule has 3 fully saturated rings. The van der Waals surface area contributed by atoms with Crippen molar-refractivity contribution in [3.8, 4) is 39.1 Å². The Morgan fingerprint density at radius 2 is 0.638 bits per heavy atom. The molecular weight excluding hydrogens is 948 g/mol. The molecule has 0 unspecified atom stereocenters. The van der Waals surface area contributed by atoms with E-state index in [0.29, 0.717) is 0 Å². The highest BCUT2D eigenvalue weighted by Gasteiger charge is 2.36. The molecule has 1 nitrogen and oxygen atoms in total. The van der Waals surface area contributed by atoms with Crippen LogP contribution in [0, 0.1) is 3.57 Å². The van der Waals surface area contributed by atoms with E-state index in [2.05, 4.69) is 192 Å². The van der Waals surface area contributed by atoms with Crippen molar-refractivity contribution in [1.29, 1.82) is 0 Å². The van der Waals surface area contributed by atoms with Gasteiger partial charge in [0.05, 0.1) is 6.61 Å². The zero-order chi connectivity index (χ0) is 46.7. The van der Waals surface area contributed by atoms with Crippen LogP contribution in [0.15, 0.2) is 170 Å². The standard InChI is InChI=1S/C67H73IO/c68-65-44-46-66(47-45-65)69-49-13-2-1-12-48-67(62-38-32-59(33-39-62)56-26-20-53(21-27-56)50-14-6-3-7-15-50,63-40-34-60(35-41-63)57-28-22-54(23-29-57)51-16-8-4-9-17-51)64-42-36-61(37-43-64)58-30-24-55(25-31-58)52-18-10-5-11-19-52/h20-47,50-52H,1-19,48-49H2. The van der Waals surface area contributed by atoms with Crippen molar-refractivity contribution in [2.24, 2.45) is 0 Å². The third-order valence-electron chi connectivity index (χ3n) is 16.6. The van der Waals surface area contributed by atoms with Crippen LogP contribution in [0.25, 0.3) is 33.4 Å². The van der Waals surface area contributed by atoms with Gasteiger partial charge in [0, 0.05) is 8.99 Å². The lowest BCUT2D eigenvalue weighted by molar-refractivity contribution is 0.303. The second kappa shape index (κ2) is 23.3. The first kappa shape index (κ1) is 47.7. The lowest BCUT2D eigenvalue weighted by Gasteiger charge is -2.37. The van der Waals surface area contributed by atoms with Gasteiger partial charge in [-0.15, -0.1) is 0 Å². The van der Waals surface area contributed by atoms with Gasteiger partial charge in [0.25, 0.3) is 0 Å². The van der Waals surface area contributed by atoms with Crippen molar-refractivity contribution in [2.45, 2.75) is 152 Å². The molecule has 3 saturated carbocycles. The Labute approximate surface area is 428 Å². The molecule has 0 aromatic heterocycles. The summed E-state index contributed by atoms with van der Waals surface area (Å²) in [6.45, 7) is 0.751. The van der Waals surface area contributed by atoms with Crippen molar-refractivity contribution in [3.63, 3.8) is 0 Å². The zero-order valence-corrected chi connectivity index (χ0v) is 43.2. The van der Waals surface area contributed by atoms with Gasteiger partial charge >= 0.3 is 0 Å². The fraction of sp³-hybridized carbons (Fsp3) is 0.373. The van der Waals surface area contributed by atoms with Crippen LogP contribution in [0.4, 0.5) is 0 Å². The molecule has 0 saturated heterocycles. The Hall–Kier alpha value is -4.93. The molecule has 2 heteroatoms. The summed E-state index contributed by atoms with van der Waals surface area (Å²) in [4.78, 5) is 0. The van der Waals surface area contributed by atoms with E-state index in [9.17, 15) is 0 Å². The predicted molar refractivity (Wildman–Crippen MR) is 301 cm³/mol. The summed E-state index contributed by atoms with van der Waals surface area (Å²) in [7, 11) is 0. The summed E-state index contributed by atoms with van der Waals surface area (Å²) in [5.41, 5.74) is 16.1. The van der Waals surface area contributed by atoms with E-state index in [1.54, 1.807) is 0 Å². The minimum absolute atomic E-state index is 0.339. The van der Waals surface area contributed by atoms with Gasteiger partial charge in [0.1, 0.15) is 5.75 Å². The zero-order valence-electron chi connectivity index (χ0n) is 41.0. The molecule has 69 heavy (non-hydrogen) atoms. The third kappa shape index (κ3) is 11.7. The molecule has 0 aliphatic heterocycles. The molecule has 0 bridgehead atoms. The van der Waals surface area contributed by atoms with E-state index in [1.807, 2.05) is 0 Å². The molecule has 3 aliphatic carbocycles. The maximum Gasteiger partial charge on any atom is 0.119 e. The van der Waals surface area contributed by atoms with Crippen LogP contribution in [0.2, 0.25) is 0 Å². The Bertz CT molecular complexity index is 2370. The van der Waals surface area contributed by atoms with E-state index >= 15 is 0 Å². The summed E-state index contributed by atoms with van der Waals surface area (Å²) >= 11 is 2.36. The molecule has 7 aromatic carbocycles. The first-order chi connectivity index (χ1) is 34.1. The first-order valence-electron chi connectivity index (χ1n) is 27.1. The summed E-state index contributed by atoms with van der Waals surface area (Å²) in [6, 6.07) is 66.2. The van der Waals surface area contributed by atoms with Crippen molar-refractivity contribution in [2.75, 3.05) is 6.61 Å². The van der Waals surface area contributed by atoms with E-state index in [4.69, 9.17) is 4.74 Å². The normalized spacial score (nSPS) is 16.4. The summed E-state index contributed by atoms with van der Waals surface area (Å²) < 4.78 is 7.40. The highest BCUT2D eigenvalue weighted by molar-refractivity contribution is 14.1. The van der Waals surface area contributed by atoms with Gasteiger partial charge in [-0.05, 0) is 183 Å². The minimum Gasteiger partial charge on any atom is -0.494 e. The van der Waals surface area contributed by atoms with Gasteiger partial charge < -0.3 is 4.74 Å². The maximum absolute atomic E-state index is 6.17. The van der Waals surface area contributed by atoms with Crippen LogP contribution in [-0.4, -0.2) is 6.61 Å². The molecule has 0 radical (unpaired) electrons. The van der Waals surface area contributed by atoms with E-state index in [-0.39, 0.29) is 5.41 Å². The summed E-state index contributed by atoms with van der Waals surface area (Å²) in [6.07, 6.45) is 25.8. The third-order valence-corrected chi connectivity index (χ3v) is 17.3. The molecule has 0 atom stereocenters. The number of halogens is 1. The van der Waals surface area contributed by atoms with Crippen LogP contribution < -0.4 is 4.74 Å². The Kier molecular flexibility index (Phi) is 16.1. The Morgan fingerprint density at radius 1 is 0.333 bits per heavy atom.